The molecule has 8 heteroatoms. The number of rotatable bonds is 4. The van der Waals surface area contributed by atoms with Gasteiger partial charge in [0.15, 0.2) is 0 Å². The number of aromatic amines is 2. The summed E-state index contributed by atoms with van der Waals surface area (Å²) in [4.78, 5) is 53.8. The fourth-order valence-electron chi connectivity index (χ4n) is 3.68. The summed E-state index contributed by atoms with van der Waals surface area (Å²) in [5.74, 6) is -2.29. The third kappa shape index (κ3) is 3.69. The van der Waals surface area contributed by atoms with Crippen LogP contribution >= 0.6 is 0 Å². The highest BCUT2D eigenvalue weighted by Gasteiger charge is 2.41. The van der Waals surface area contributed by atoms with Crippen LogP contribution in [0.1, 0.15) is 28.3 Å². The number of likely N-dealkylation sites (tertiary alicyclic amines) is 1. The highest BCUT2D eigenvalue weighted by Crippen LogP contribution is 2.34. The van der Waals surface area contributed by atoms with Crippen molar-refractivity contribution in [2.45, 2.75) is 26.2 Å². The number of nitrogens with zero attached hydrogens (tertiary/aromatic N) is 1. The Balaban J connectivity index is 1.85. The van der Waals surface area contributed by atoms with Crippen LogP contribution < -0.4 is 11.2 Å². The summed E-state index contributed by atoms with van der Waals surface area (Å²) in [6.07, 6.45) is -0.190. The van der Waals surface area contributed by atoms with Crippen LogP contribution in [-0.2, 0) is 16.0 Å². The molecule has 3 N–H and O–H groups in total. The van der Waals surface area contributed by atoms with E-state index >= 15 is 0 Å². The molecule has 2 heterocycles. The zero-order valence-electron chi connectivity index (χ0n) is 15.1. The average Bonchev–Trinajstić information content (AvgIpc) is 3.04. The lowest BCUT2D eigenvalue weighted by atomic mass is 9.86. The number of benzene rings is 1. The molecule has 0 spiro atoms. The lowest BCUT2D eigenvalue weighted by Crippen LogP contribution is -2.35. The molecular formula is C19H21N3O5. The Labute approximate surface area is 154 Å². The van der Waals surface area contributed by atoms with Gasteiger partial charge in [-0.2, -0.15) is 0 Å². The smallest absolute Gasteiger partial charge is 0.325 e. The van der Waals surface area contributed by atoms with E-state index in [0.717, 1.165) is 11.1 Å². The summed E-state index contributed by atoms with van der Waals surface area (Å²) in [6, 6.07) is 7.55. The van der Waals surface area contributed by atoms with E-state index in [4.69, 9.17) is 0 Å². The quantitative estimate of drug-likeness (QED) is 0.724. The molecule has 2 aromatic rings. The fourth-order valence-corrected chi connectivity index (χ4v) is 3.68. The predicted octanol–water partition coefficient (Wildman–Crippen LogP) is 0.549. The van der Waals surface area contributed by atoms with E-state index in [1.807, 2.05) is 31.2 Å². The fraction of sp³-hybridized carbons (Fsp3) is 0.368. The Morgan fingerprint density at radius 1 is 1.15 bits per heavy atom. The van der Waals surface area contributed by atoms with E-state index in [9.17, 15) is 24.3 Å². The van der Waals surface area contributed by atoms with Crippen molar-refractivity contribution in [3.8, 4) is 0 Å². The molecule has 27 heavy (non-hydrogen) atoms. The molecule has 1 aliphatic rings. The van der Waals surface area contributed by atoms with Gasteiger partial charge in [-0.25, -0.2) is 4.79 Å². The second-order valence-electron chi connectivity index (χ2n) is 6.90. The van der Waals surface area contributed by atoms with Gasteiger partial charge in [0.25, 0.3) is 5.56 Å². The molecule has 142 valence electrons. The number of hydrogen-bond acceptors (Lipinski definition) is 4. The molecule has 0 aliphatic carbocycles. The Morgan fingerprint density at radius 3 is 2.48 bits per heavy atom. The number of carboxylic acids is 1. The van der Waals surface area contributed by atoms with E-state index in [-0.39, 0.29) is 36.9 Å². The van der Waals surface area contributed by atoms with Gasteiger partial charge in [-0.05, 0) is 25.0 Å². The maximum Gasteiger partial charge on any atom is 0.325 e. The van der Waals surface area contributed by atoms with Gasteiger partial charge < -0.3 is 15.0 Å². The minimum absolute atomic E-state index is 0.0907. The number of amides is 1. The molecule has 0 saturated carbocycles. The first-order chi connectivity index (χ1) is 12.8. The van der Waals surface area contributed by atoms with Crippen molar-refractivity contribution in [2.24, 2.45) is 5.92 Å². The molecular weight excluding hydrogens is 350 g/mol. The van der Waals surface area contributed by atoms with Gasteiger partial charge in [-0.1, -0.05) is 24.3 Å². The first-order valence-corrected chi connectivity index (χ1v) is 8.66. The Morgan fingerprint density at radius 2 is 1.85 bits per heavy atom. The lowest BCUT2D eigenvalue weighted by molar-refractivity contribution is -0.141. The lowest BCUT2D eigenvalue weighted by Gasteiger charge is -2.18. The zero-order valence-corrected chi connectivity index (χ0v) is 15.1. The SMILES string of the molecule is Cc1ccccc1[C@@H]1CN(C(=O)Cc2c(C)[nH]c(=O)[nH]c2=O)C[C@H]1C(=O)O. The molecule has 1 fully saturated rings. The van der Waals surface area contributed by atoms with Crippen LogP contribution in [0.25, 0.3) is 0 Å². The Hall–Kier alpha value is -3.16. The molecule has 0 bridgehead atoms. The summed E-state index contributed by atoms with van der Waals surface area (Å²) < 4.78 is 0. The van der Waals surface area contributed by atoms with E-state index in [2.05, 4.69) is 9.97 Å². The van der Waals surface area contributed by atoms with Gasteiger partial charge in [0.2, 0.25) is 5.91 Å². The number of carbonyl (C=O) groups excluding carboxylic acids is 1. The molecule has 8 nitrogen and oxygen atoms in total. The maximum absolute atomic E-state index is 12.7. The third-order valence-electron chi connectivity index (χ3n) is 5.16. The van der Waals surface area contributed by atoms with E-state index in [1.54, 1.807) is 6.92 Å². The maximum atomic E-state index is 12.7. The Bertz CT molecular complexity index is 1010. The second kappa shape index (κ2) is 7.22. The normalized spacial score (nSPS) is 19.3. The van der Waals surface area contributed by atoms with Crippen molar-refractivity contribution in [2.75, 3.05) is 13.1 Å². The molecule has 0 unspecified atom stereocenters. The number of aliphatic carboxylic acids is 1. The van der Waals surface area contributed by atoms with Crippen LogP contribution in [0.5, 0.6) is 0 Å². The third-order valence-corrected chi connectivity index (χ3v) is 5.16. The van der Waals surface area contributed by atoms with E-state index in [0.29, 0.717) is 5.69 Å². The first kappa shape index (κ1) is 18.6. The van der Waals surface area contributed by atoms with Crippen LogP contribution in [0.4, 0.5) is 0 Å². The summed E-state index contributed by atoms with van der Waals surface area (Å²) in [5, 5.41) is 9.61. The minimum Gasteiger partial charge on any atom is -0.481 e. The topological polar surface area (TPSA) is 123 Å². The first-order valence-electron chi connectivity index (χ1n) is 8.66. The minimum atomic E-state index is -0.948. The number of carboxylic acid groups (broad SMARTS) is 1. The van der Waals surface area contributed by atoms with Crippen molar-refractivity contribution < 1.29 is 14.7 Å². The summed E-state index contributed by atoms with van der Waals surface area (Å²) in [6.45, 7) is 3.84. The summed E-state index contributed by atoms with van der Waals surface area (Å²) in [7, 11) is 0. The van der Waals surface area contributed by atoms with Crippen molar-refractivity contribution in [3.63, 3.8) is 0 Å². The van der Waals surface area contributed by atoms with Crippen LogP contribution in [0.2, 0.25) is 0 Å². The van der Waals surface area contributed by atoms with Gasteiger partial charge >= 0.3 is 11.7 Å². The molecule has 1 amide bonds. The number of aryl methyl sites for hydroxylation is 2. The van der Waals surface area contributed by atoms with Crippen LogP contribution in [0.3, 0.4) is 0 Å². The van der Waals surface area contributed by atoms with Crippen molar-refractivity contribution in [1.29, 1.82) is 0 Å². The molecule has 1 aromatic carbocycles. The molecule has 1 aromatic heterocycles. The van der Waals surface area contributed by atoms with Crippen LogP contribution in [0.15, 0.2) is 33.9 Å². The predicted molar refractivity (Wildman–Crippen MR) is 97.8 cm³/mol. The molecule has 0 radical (unpaired) electrons. The van der Waals surface area contributed by atoms with Gasteiger partial charge in [0.05, 0.1) is 12.3 Å². The number of aromatic nitrogens is 2. The van der Waals surface area contributed by atoms with Crippen LogP contribution in [-0.4, -0.2) is 44.9 Å². The van der Waals surface area contributed by atoms with Crippen molar-refractivity contribution >= 4 is 11.9 Å². The standard InChI is InChI=1S/C19H21N3O5/c1-10-5-3-4-6-12(10)14-8-22(9-15(14)18(25)26)16(23)7-13-11(2)20-19(27)21-17(13)24/h3-6,14-15H,7-9H2,1-2H3,(H,25,26)(H2,20,21,24,27)/t14-,15+/m0/s1. The molecule has 3 rings (SSSR count). The monoisotopic (exact) mass is 371 g/mol. The second-order valence-corrected chi connectivity index (χ2v) is 6.90. The zero-order chi connectivity index (χ0) is 19.7. The summed E-state index contributed by atoms with van der Waals surface area (Å²) in [5.41, 5.74) is 1.19. The van der Waals surface area contributed by atoms with Gasteiger partial charge in [-0.3, -0.25) is 19.4 Å². The highest BCUT2D eigenvalue weighted by atomic mass is 16.4. The van der Waals surface area contributed by atoms with Crippen LogP contribution in [0, 0.1) is 19.8 Å². The number of H-pyrrole nitrogens is 2. The van der Waals surface area contributed by atoms with Gasteiger partial charge in [0, 0.05) is 30.3 Å². The number of nitrogens with one attached hydrogen (secondary N) is 2. The molecule has 2 atom stereocenters. The van der Waals surface area contributed by atoms with Crippen molar-refractivity contribution in [1.82, 2.24) is 14.9 Å². The van der Waals surface area contributed by atoms with E-state index < -0.39 is 23.1 Å². The Kier molecular flexibility index (Phi) is 4.98. The average molecular weight is 371 g/mol. The van der Waals surface area contributed by atoms with Crippen molar-refractivity contribution in [3.05, 3.63) is 67.5 Å². The molecule has 1 aliphatic heterocycles. The number of hydrogen-bond donors (Lipinski definition) is 3. The number of carbonyl (C=O) groups is 2. The van der Waals surface area contributed by atoms with Gasteiger partial charge in [0.1, 0.15) is 0 Å². The van der Waals surface area contributed by atoms with E-state index in [1.165, 1.54) is 4.90 Å². The largest absolute Gasteiger partial charge is 0.481 e. The molecule has 1 saturated heterocycles. The summed E-state index contributed by atoms with van der Waals surface area (Å²) >= 11 is 0. The van der Waals surface area contributed by atoms with Gasteiger partial charge in [-0.15, -0.1) is 0 Å². The highest BCUT2D eigenvalue weighted by molar-refractivity contribution is 5.81.